The summed E-state index contributed by atoms with van der Waals surface area (Å²) in [5, 5.41) is 18.5. The molecule has 4 heterocycles. The van der Waals surface area contributed by atoms with Crippen LogP contribution in [-0.2, 0) is 22.5 Å². The molecule has 3 aliphatic heterocycles. The standard InChI is InChI=1S/C16H17N3O3.C6H12FN/c1-9-2-3-10(13(20)4-9)14-11-5-16(7-21-8-16)22-6-12(11)15(17)19-18-14;1-8-4-2-3-6(7)5-8/h2-4,20H,5-8H2,1H3,(H2,17,19);6H,2-5H2,1H3. The lowest BCUT2D eigenvalue weighted by Crippen LogP contribution is -2.55. The highest BCUT2D eigenvalue weighted by atomic mass is 19.1. The summed E-state index contributed by atoms with van der Waals surface area (Å²) in [5.41, 5.74) is 9.88. The van der Waals surface area contributed by atoms with Crippen LogP contribution < -0.4 is 5.73 Å². The van der Waals surface area contributed by atoms with E-state index in [9.17, 15) is 9.50 Å². The fraction of sp³-hybridized carbons (Fsp3) is 0.545. The maximum absolute atomic E-state index is 12.4. The van der Waals surface area contributed by atoms with Gasteiger partial charge in [0.25, 0.3) is 0 Å². The summed E-state index contributed by atoms with van der Waals surface area (Å²) in [6, 6.07) is 5.53. The lowest BCUT2D eigenvalue weighted by molar-refractivity contribution is -0.220. The number of nitrogen functional groups attached to an aromatic ring is 1. The van der Waals surface area contributed by atoms with E-state index in [4.69, 9.17) is 15.2 Å². The molecular formula is C22H29FN4O3. The molecule has 1 atom stereocenters. The van der Waals surface area contributed by atoms with Gasteiger partial charge in [-0.05, 0) is 56.6 Å². The average molecular weight is 416 g/mol. The Balaban J connectivity index is 0.000000230. The van der Waals surface area contributed by atoms with Gasteiger partial charge in [-0.25, -0.2) is 4.39 Å². The second kappa shape index (κ2) is 8.45. The first-order valence-electron chi connectivity index (χ1n) is 10.3. The minimum Gasteiger partial charge on any atom is -0.507 e. The number of phenols is 1. The number of aromatic nitrogens is 2. The summed E-state index contributed by atoms with van der Waals surface area (Å²) < 4.78 is 23.6. The van der Waals surface area contributed by atoms with Crippen molar-refractivity contribution in [1.82, 2.24) is 15.1 Å². The van der Waals surface area contributed by atoms with Gasteiger partial charge in [-0.15, -0.1) is 10.2 Å². The van der Waals surface area contributed by atoms with Crippen LogP contribution in [0.2, 0.25) is 0 Å². The van der Waals surface area contributed by atoms with Gasteiger partial charge in [-0.1, -0.05) is 6.07 Å². The van der Waals surface area contributed by atoms with Crippen molar-refractivity contribution < 1.29 is 19.0 Å². The minimum atomic E-state index is -0.561. The molecule has 2 saturated heterocycles. The highest BCUT2D eigenvalue weighted by Crippen LogP contribution is 2.40. The zero-order valence-corrected chi connectivity index (χ0v) is 17.5. The number of anilines is 1. The van der Waals surface area contributed by atoms with Crippen LogP contribution in [0.15, 0.2) is 18.2 Å². The molecule has 7 nitrogen and oxygen atoms in total. The van der Waals surface area contributed by atoms with E-state index in [0.717, 1.165) is 36.1 Å². The molecule has 5 rings (SSSR count). The Labute approximate surface area is 176 Å². The topological polar surface area (TPSA) is 93.7 Å². The van der Waals surface area contributed by atoms with Crippen LogP contribution in [0.4, 0.5) is 10.2 Å². The van der Waals surface area contributed by atoms with E-state index >= 15 is 0 Å². The Morgan fingerprint density at radius 2 is 2.07 bits per heavy atom. The Morgan fingerprint density at radius 1 is 1.27 bits per heavy atom. The number of piperidine rings is 1. The monoisotopic (exact) mass is 416 g/mol. The number of hydrogen-bond acceptors (Lipinski definition) is 7. The first kappa shape index (κ1) is 21.0. The number of ether oxygens (including phenoxy) is 2. The summed E-state index contributed by atoms with van der Waals surface area (Å²) in [5.74, 6) is 0.590. The molecule has 2 fully saturated rings. The Bertz CT molecular complexity index is 911. The Kier molecular flexibility index (Phi) is 5.90. The third kappa shape index (κ3) is 4.26. The van der Waals surface area contributed by atoms with Gasteiger partial charge >= 0.3 is 0 Å². The van der Waals surface area contributed by atoms with Crippen molar-refractivity contribution in [3.8, 4) is 17.0 Å². The maximum Gasteiger partial charge on any atom is 0.151 e. The molecule has 0 saturated carbocycles. The van der Waals surface area contributed by atoms with Crippen LogP contribution >= 0.6 is 0 Å². The number of benzene rings is 1. The van der Waals surface area contributed by atoms with Crippen molar-refractivity contribution in [3.05, 3.63) is 34.9 Å². The van der Waals surface area contributed by atoms with Crippen LogP contribution in [-0.4, -0.2) is 65.3 Å². The molecule has 1 aromatic carbocycles. The molecule has 0 radical (unpaired) electrons. The fourth-order valence-electron chi connectivity index (χ4n) is 4.15. The molecule has 0 aliphatic carbocycles. The number of phenolic OH excluding ortho intramolecular Hbond substituents is 1. The van der Waals surface area contributed by atoms with Crippen LogP contribution in [0, 0.1) is 6.92 Å². The number of hydrogen-bond donors (Lipinski definition) is 2. The van der Waals surface area contributed by atoms with E-state index in [-0.39, 0.29) is 11.4 Å². The molecule has 1 spiro atoms. The molecule has 162 valence electrons. The Morgan fingerprint density at radius 3 is 2.67 bits per heavy atom. The van der Waals surface area contributed by atoms with E-state index in [1.807, 2.05) is 31.0 Å². The van der Waals surface area contributed by atoms with Gasteiger partial charge in [0.2, 0.25) is 0 Å². The van der Waals surface area contributed by atoms with Crippen LogP contribution in [0.3, 0.4) is 0 Å². The van der Waals surface area contributed by atoms with E-state index in [0.29, 0.717) is 49.9 Å². The summed E-state index contributed by atoms with van der Waals surface area (Å²) in [6.07, 6.45) is 1.90. The third-order valence-electron chi connectivity index (χ3n) is 5.94. The number of alkyl halides is 1. The molecule has 3 N–H and O–H groups in total. The number of nitrogens with two attached hydrogens (primary N) is 1. The molecule has 0 bridgehead atoms. The molecule has 1 unspecified atom stereocenters. The van der Waals surface area contributed by atoms with Crippen molar-refractivity contribution in [2.75, 3.05) is 39.1 Å². The van der Waals surface area contributed by atoms with Gasteiger partial charge in [0.15, 0.2) is 5.82 Å². The molecule has 30 heavy (non-hydrogen) atoms. The van der Waals surface area contributed by atoms with Gasteiger partial charge in [-0.3, -0.25) is 0 Å². The van der Waals surface area contributed by atoms with Gasteiger partial charge in [0, 0.05) is 24.1 Å². The third-order valence-corrected chi connectivity index (χ3v) is 5.94. The second-order valence-corrected chi connectivity index (χ2v) is 8.55. The van der Waals surface area contributed by atoms with Crippen LogP contribution in [0.1, 0.15) is 29.5 Å². The minimum absolute atomic E-state index is 0.201. The summed E-state index contributed by atoms with van der Waals surface area (Å²) in [6.45, 7) is 5.20. The molecule has 0 amide bonds. The van der Waals surface area contributed by atoms with E-state index < -0.39 is 6.17 Å². The van der Waals surface area contributed by atoms with Crippen molar-refractivity contribution in [3.63, 3.8) is 0 Å². The summed E-state index contributed by atoms with van der Waals surface area (Å²) in [4.78, 5) is 2.04. The van der Waals surface area contributed by atoms with E-state index in [1.165, 1.54) is 0 Å². The number of likely N-dealkylation sites (tertiary alicyclic amines) is 1. The first-order valence-corrected chi connectivity index (χ1v) is 10.3. The van der Waals surface area contributed by atoms with Crippen molar-refractivity contribution in [2.24, 2.45) is 0 Å². The SMILES string of the molecule is CN1CCCC(F)C1.Cc1ccc(-c2nnc(N)c3c2CC2(COC2)OC3)c(O)c1. The summed E-state index contributed by atoms with van der Waals surface area (Å²) in [7, 11) is 1.96. The lowest BCUT2D eigenvalue weighted by Gasteiger charge is -2.44. The van der Waals surface area contributed by atoms with Gasteiger partial charge in [0.05, 0.1) is 19.8 Å². The van der Waals surface area contributed by atoms with Crippen molar-refractivity contribution in [2.45, 2.75) is 44.6 Å². The largest absolute Gasteiger partial charge is 0.507 e. The number of rotatable bonds is 1. The predicted octanol–water partition coefficient (Wildman–Crippen LogP) is 2.63. The molecule has 1 aromatic heterocycles. The zero-order valence-electron chi connectivity index (χ0n) is 17.5. The summed E-state index contributed by atoms with van der Waals surface area (Å²) >= 11 is 0. The van der Waals surface area contributed by atoms with E-state index in [1.54, 1.807) is 6.07 Å². The molecule has 2 aromatic rings. The van der Waals surface area contributed by atoms with Gasteiger partial charge < -0.3 is 25.2 Å². The zero-order chi connectivity index (χ0) is 21.3. The smallest absolute Gasteiger partial charge is 0.151 e. The molecule has 8 heteroatoms. The van der Waals surface area contributed by atoms with Gasteiger partial charge in [-0.2, -0.15) is 0 Å². The van der Waals surface area contributed by atoms with Crippen LogP contribution in [0.5, 0.6) is 5.75 Å². The average Bonchev–Trinajstić information content (AvgIpc) is 2.68. The number of halogens is 1. The van der Waals surface area contributed by atoms with Crippen molar-refractivity contribution in [1.29, 1.82) is 0 Å². The fourth-order valence-corrected chi connectivity index (χ4v) is 4.15. The maximum atomic E-state index is 12.4. The van der Waals surface area contributed by atoms with E-state index in [2.05, 4.69) is 10.2 Å². The number of nitrogens with zero attached hydrogens (tertiary/aromatic N) is 3. The first-order chi connectivity index (χ1) is 14.4. The lowest BCUT2D eigenvalue weighted by atomic mass is 9.85. The van der Waals surface area contributed by atoms with Gasteiger partial charge in [0.1, 0.15) is 23.2 Å². The normalized spacial score (nSPS) is 22.6. The van der Waals surface area contributed by atoms with Crippen molar-refractivity contribution >= 4 is 5.82 Å². The molecular weight excluding hydrogens is 387 g/mol. The highest BCUT2D eigenvalue weighted by Gasteiger charge is 2.44. The number of aryl methyl sites for hydroxylation is 1. The number of fused-ring (bicyclic) bond motifs is 1. The predicted molar refractivity (Wildman–Crippen MR) is 112 cm³/mol. The van der Waals surface area contributed by atoms with Crippen LogP contribution in [0.25, 0.3) is 11.3 Å². The Hall–Kier alpha value is -2.29. The quantitative estimate of drug-likeness (QED) is 0.738. The second-order valence-electron chi connectivity index (χ2n) is 8.55. The number of aromatic hydroxyl groups is 1. The highest BCUT2D eigenvalue weighted by molar-refractivity contribution is 5.72. The molecule has 3 aliphatic rings.